The van der Waals surface area contributed by atoms with Crippen molar-refractivity contribution in [2.75, 3.05) is 5.32 Å². The lowest BCUT2D eigenvalue weighted by Crippen LogP contribution is -2.27. The standard InChI is InChI=1S/C9H15N3O/c1-9(2,3)12-8-10-4-7(6-13)5-11-8/h4-5,13H,6H2,1-3H3,(H,10,11,12). The quantitative estimate of drug-likeness (QED) is 0.719. The summed E-state index contributed by atoms with van der Waals surface area (Å²) in [6.45, 7) is 6.10. The average Bonchev–Trinajstić information content (AvgIpc) is 2.03. The van der Waals surface area contributed by atoms with Gasteiger partial charge in [0.25, 0.3) is 0 Å². The second-order valence-corrected chi connectivity index (χ2v) is 3.95. The summed E-state index contributed by atoms with van der Waals surface area (Å²) in [6.07, 6.45) is 3.22. The molecule has 0 unspecified atom stereocenters. The van der Waals surface area contributed by atoms with Gasteiger partial charge in [-0.15, -0.1) is 0 Å². The second kappa shape index (κ2) is 3.70. The summed E-state index contributed by atoms with van der Waals surface area (Å²) < 4.78 is 0. The van der Waals surface area contributed by atoms with Crippen LogP contribution in [0, 0.1) is 0 Å². The number of aliphatic hydroxyl groups is 1. The van der Waals surface area contributed by atoms with Crippen LogP contribution in [0.5, 0.6) is 0 Å². The number of hydrogen-bond donors (Lipinski definition) is 2. The number of hydrogen-bond acceptors (Lipinski definition) is 4. The highest BCUT2D eigenvalue weighted by Gasteiger charge is 2.10. The third kappa shape index (κ3) is 3.38. The molecule has 0 fully saturated rings. The van der Waals surface area contributed by atoms with Crippen LogP contribution < -0.4 is 5.32 Å². The first-order valence-corrected chi connectivity index (χ1v) is 4.21. The van der Waals surface area contributed by atoms with Crippen molar-refractivity contribution < 1.29 is 5.11 Å². The third-order valence-electron chi connectivity index (χ3n) is 1.37. The monoisotopic (exact) mass is 181 g/mol. The van der Waals surface area contributed by atoms with Gasteiger partial charge < -0.3 is 10.4 Å². The summed E-state index contributed by atoms with van der Waals surface area (Å²) in [4.78, 5) is 8.11. The largest absolute Gasteiger partial charge is 0.392 e. The number of nitrogens with one attached hydrogen (secondary N) is 1. The van der Waals surface area contributed by atoms with E-state index in [9.17, 15) is 0 Å². The third-order valence-corrected chi connectivity index (χ3v) is 1.37. The molecule has 4 nitrogen and oxygen atoms in total. The number of nitrogens with zero attached hydrogens (tertiary/aromatic N) is 2. The Morgan fingerprint density at radius 2 is 1.85 bits per heavy atom. The molecule has 0 aliphatic rings. The highest BCUT2D eigenvalue weighted by molar-refractivity contribution is 5.27. The summed E-state index contributed by atoms with van der Waals surface area (Å²) in [5, 5.41) is 11.9. The van der Waals surface area contributed by atoms with E-state index in [1.807, 2.05) is 20.8 Å². The van der Waals surface area contributed by atoms with Crippen molar-refractivity contribution >= 4 is 5.95 Å². The van der Waals surface area contributed by atoms with Gasteiger partial charge in [0.15, 0.2) is 0 Å². The summed E-state index contributed by atoms with van der Waals surface area (Å²) in [7, 11) is 0. The first-order valence-electron chi connectivity index (χ1n) is 4.21. The van der Waals surface area contributed by atoms with Crippen LogP contribution in [0.2, 0.25) is 0 Å². The van der Waals surface area contributed by atoms with Crippen molar-refractivity contribution in [3.63, 3.8) is 0 Å². The molecule has 72 valence electrons. The minimum Gasteiger partial charge on any atom is -0.392 e. The fourth-order valence-corrected chi connectivity index (χ4v) is 0.836. The van der Waals surface area contributed by atoms with Gasteiger partial charge in [-0.3, -0.25) is 0 Å². The molecule has 0 aliphatic carbocycles. The lowest BCUT2D eigenvalue weighted by Gasteiger charge is -2.20. The predicted molar refractivity (Wildman–Crippen MR) is 51.3 cm³/mol. The summed E-state index contributed by atoms with van der Waals surface area (Å²) >= 11 is 0. The van der Waals surface area contributed by atoms with Crippen molar-refractivity contribution in [1.29, 1.82) is 0 Å². The van der Waals surface area contributed by atoms with E-state index in [-0.39, 0.29) is 12.1 Å². The molecular weight excluding hydrogens is 166 g/mol. The van der Waals surface area contributed by atoms with Gasteiger partial charge in [-0.25, -0.2) is 9.97 Å². The Bertz CT molecular complexity index is 263. The van der Waals surface area contributed by atoms with E-state index in [0.29, 0.717) is 5.95 Å². The molecule has 0 amide bonds. The molecule has 2 N–H and O–H groups in total. The van der Waals surface area contributed by atoms with E-state index in [1.54, 1.807) is 12.4 Å². The molecule has 0 aromatic carbocycles. The summed E-state index contributed by atoms with van der Waals surface area (Å²) in [5.41, 5.74) is 0.681. The van der Waals surface area contributed by atoms with E-state index in [0.717, 1.165) is 5.56 Å². The van der Waals surface area contributed by atoms with Crippen molar-refractivity contribution in [2.24, 2.45) is 0 Å². The number of rotatable bonds is 2. The molecule has 0 bridgehead atoms. The molecule has 1 rings (SSSR count). The maximum atomic E-state index is 8.76. The highest BCUT2D eigenvalue weighted by Crippen LogP contribution is 2.08. The van der Waals surface area contributed by atoms with Gasteiger partial charge >= 0.3 is 0 Å². The Kier molecular flexibility index (Phi) is 2.83. The first kappa shape index (κ1) is 9.92. The van der Waals surface area contributed by atoms with Crippen LogP contribution in [-0.4, -0.2) is 20.6 Å². The van der Waals surface area contributed by atoms with Crippen LogP contribution in [0.15, 0.2) is 12.4 Å². The van der Waals surface area contributed by atoms with E-state index in [1.165, 1.54) is 0 Å². The maximum Gasteiger partial charge on any atom is 0.223 e. The highest BCUT2D eigenvalue weighted by atomic mass is 16.3. The average molecular weight is 181 g/mol. The molecule has 1 aromatic heterocycles. The van der Waals surface area contributed by atoms with Crippen LogP contribution in [0.25, 0.3) is 0 Å². The van der Waals surface area contributed by atoms with E-state index in [2.05, 4.69) is 15.3 Å². The zero-order valence-electron chi connectivity index (χ0n) is 8.20. The van der Waals surface area contributed by atoms with Crippen molar-refractivity contribution in [1.82, 2.24) is 9.97 Å². The molecule has 0 aliphatic heterocycles. The van der Waals surface area contributed by atoms with Gasteiger partial charge in [0.1, 0.15) is 0 Å². The van der Waals surface area contributed by atoms with Gasteiger partial charge in [0.05, 0.1) is 6.61 Å². The van der Waals surface area contributed by atoms with Gasteiger partial charge in [-0.05, 0) is 20.8 Å². The Labute approximate surface area is 78.0 Å². The van der Waals surface area contributed by atoms with E-state index in [4.69, 9.17) is 5.11 Å². The topological polar surface area (TPSA) is 58.0 Å². The molecular formula is C9H15N3O. The van der Waals surface area contributed by atoms with Gasteiger partial charge in [0.2, 0.25) is 5.95 Å². The Balaban J connectivity index is 2.70. The first-order chi connectivity index (χ1) is 6.01. The zero-order chi connectivity index (χ0) is 9.90. The number of aromatic nitrogens is 2. The molecule has 1 heterocycles. The van der Waals surface area contributed by atoms with E-state index < -0.39 is 0 Å². The molecule has 13 heavy (non-hydrogen) atoms. The van der Waals surface area contributed by atoms with Crippen LogP contribution >= 0.6 is 0 Å². The molecule has 0 radical (unpaired) electrons. The van der Waals surface area contributed by atoms with Gasteiger partial charge in [0, 0.05) is 23.5 Å². The lowest BCUT2D eigenvalue weighted by atomic mass is 10.1. The van der Waals surface area contributed by atoms with Gasteiger partial charge in [-0.1, -0.05) is 0 Å². The molecule has 0 atom stereocenters. The van der Waals surface area contributed by atoms with Crippen molar-refractivity contribution in [2.45, 2.75) is 32.9 Å². The molecule has 0 saturated carbocycles. The summed E-state index contributed by atoms with van der Waals surface area (Å²) in [6, 6.07) is 0. The Morgan fingerprint density at radius 1 is 1.31 bits per heavy atom. The fraction of sp³-hybridized carbons (Fsp3) is 0.556. The fourth-order valence-electron chi connectivity index (χ4n) is 0.836. The zero-order valence-corrected chi connectivity index (χ0v) is 8.20. The minimum atomic E-state index is -0.0409. The minimum absolute atomic E-state index is 0.0181. The molecule has 4 heteroatoms. The molecule has 0 spiro atoms. The summed E-state index contributed by atoms with van der Waals surface area (Å²) in [5.74, 6) is 0.588. The van der Waals surface area contributed by atoms with Crippen LogP contribution in [0.1, 0.15) is 26.3 Å². The van der Waals surface area contributed by atoms with Gasteiger partial charge in [-0.2, -0.15) is 0 Å². The maximum absolute atomic E-state index is 8.76. The predicted octanol–water partition coefficient (Wildman–Crippen LogP) is 1.18. The second-order valence-electron chi connectivity index (χ2n) is 3.95. The molecule has 0 saturated heterocycles. The van der Waals surface area contributed by atoms with Crippen molar-refractivity contribution in [3.8, 4) is 0 Å². The van der Waals surface area contributed by atoms with Crippen LogP contribution in [0.4, 0.5) is 5.95 Å². The smallest absolute Gasteiger partial charge is 0.223 e. The van der Waals surface area contributed by atoms with Crippen LogP contribution in [-0.2, 0) is 6.61 Å². The van der Waals surface area contributed by atoms with Crippen LogP contribution in [0.3, 0.4) is 0 Å². The Morgan fingerprint density at radius 3 is 2.23 bits per heavy atom. The Hall–Kier alpha value is -1.16. The number of anilines is 1. The lowest BCUT2D eigenvalue weighted by molar-refractivity contribution is 0.281. The normalized spacial score (nSPS) is 11.4. The van der Waals surface area contributed by atoms with Crippen molar-refractivity contribution in [3.05, 3.63) is 18.0 Å². The molecule has 1 aromatic rings. The SMILES string of the molecule is CC(C)(C)Nc1ncc(CO)cn1. The number of aliphatic hydroxyl groups excluding tert-OH is 1. The van der Waals surface area contributed by atoms with E-state index >= 15 is 0 Å².